The van der Waals surface area contributed by atoms with Crippen molar-refractivity contribution in [3.05, 3.63) is 71.7 Å². The predicted molar refractivity (Wildman–Crippen MR) is 182 cm³/mol. The Morgan fingerprint density at radius 2 is 1.83 bits per heavy atom. The van der Waals surface area contributed by atoms with E-state index in [2.05, 4.69) is 21.8 Å². The van der Waals surface area contributed by atoms with Crippen molar-refractivity contribution >= 4 is 5.82 Å². The number of hydrogen-bond acceptors (Lipinski definition) is 9. The van der Waals surface area contributed by atoms with Crippen LogP contribution >= 0.6 is 0 Å². The lowest BCUT2D eigenvalue weighted by molar-refractivity contribution is -0.104. The zero-order valence-electron chi connectivity index (χ0n) is 27.4. The number of nitrogen functional groups attached to an aromatic ring is 1. The van der Waals surface area contributed by atoms with Gasteiger partial charge in [0.2, 0.25) is 0 Å². The molecular weight excluding hydrogens is 610 g/mol. The summed E-state index contributed by atoms with van der Waals surface area (Å²) in [4.78, 5) is 8.63. The minimum atomic E-state index is -1.20. The average Bonchev–Trinajstić information content (AvgIpc) is 3.59. The summed E-state index contributed by atoms with van der Waals surface area (Å²) in [7, 11) is 0. The van der Waals surface area contributed by atoms with Crippen LogP contribution < -0.4 is 15.5 Å². The Labute approximate surface area is 283 Å². The van der Waals surface area contributed by atoms with Crippen molar-refractivity contribution in [3.63, 3.8) is 0 Å². The number of ether oxygens (including phenoxy) is 1. The molecule has 1 saturated carbocycles. The standard InChI is InChI=1S/C38H50N3O7/c39-36-22-26(16-19-41-36)30(23-27-7-4-18-40-27)28-12-15-34(46)37(47)38(28)48-35-21-25(11-14-33(35)45)10-13-32(44)29-8-3-6-24(17-20-42)5-1-2-9-31(29)43/h4,7,11,14,16,18-19,21-22,24,28-32,34,37-38,42-47H,1-2,5,8-10,12-13,15,17,20,23H2,(H2,39,41)/q-1/t24-,28+,29+,30+,31+,32-,34+,37+,38+/m1/s1. The van der Waals surface area contributed by atoms with Crippen LogP contribution in [0.5, 0.6) is 11.5 Å². The van der Waals surface area contributed by atoms with Gasteiger partial charge in [0.05, 0.1) is 18.3 Å². The number of rotatable bonds is 12. The predicted octanol–water partition coefficient (Wildman–Crippen LogP) is 3.47. The van der Waals surface area contributed by atoms with E-state index >= 15 is 0 Å². The van der Waals surface area contributed by atoms with Crippen LogP contribution in [0.25, 0.3) is 0 Å². The number of anilines is 1. The molecule has 48 heavy (non-hydrogen) atoms. The fraction of sp³-hybridized carbons (Fsp3) is 0.553. The van der Waals surface area contributed by atoms with E-state index < -0.39 is 36.4 Å². The van der Waals surface area contributed by atoms with Crippen LogP contribution in [0.15, 0.2) is 54.9 Å². The number of pyridine rings is 1. The van der Waals surface area contributed by atoms with Crippen LogP contribution in [0.4, 0.5) is 5.82 Å². The Morgan fingerprint density at radius 1 is 1.00 bits per heavy atom. The number of benzene rings is 1. The monoisotopic (exact) mass is 660 g/mol. The summed E-state index contributed by atoms with van der Waals surface area (Å²) < 4.78 is 6.43. The van der Waals surface area contributed by atoms with Crippen molar-refractivity contribution in [1.29, 1.82) is 0 Å². The van der Waals surface area contributed by atoms with Gasteiger partial charge in [-0.2, -0.15) is 11.9 Å². The van der Waals surface area contributed by atoms with Crippen molar-refractivity contribution in [3.8, 4) is 23.3 Å². The number of hydrogen-bond donors (Lipinski definition) is 7. The first-order chi connectivity index (χ1) is 23.2. The second-order valence-corrected chi connectivity index (χ2v) is 13.5. The number of aromatic hydroxyl groups is 1. The average molecular weight is 661 g/mol. The number of aromatic nitrogens is 2. The van der Waals surface area contributed by atoms with E-state index in [1.807, 2.05) is 24.3 Å². The van der Waals surface area contributed by atoms with Gasteiger partial charge in [0, 0.05) is 37.0 Å². The molecule has 9 atom stereocenters. The van der Waals surface area contributed by atoms with Crippen molar-refractivity contribution < 1.29 is 35.4 Å². The van der Waals surface area contributed by atoms with E-state index in [0.29, 0.717) is 57.2 Å². The summed E-state index contributed by atoms with van der Waals surface area (Å²) in [5, 5.41) is 64.3. The van der Waals surface area contributed by atoms with E-state index in [1.165, 1.54) is 6.07 Å². The number of aliphatic hydroxyl groups is 5. The van der Waals surface area contributed by atoms with Gasteiger partial charge in [-0.1, -0.05) is 37.0 Å². The number of aryl methyl sites for hydroxylation is 1. The zero-order valence-corrected chi connectivity index (χ0v) is 27.4. The Kier molecular flexibility index (Phi) is 12.8. The van der Waals surface area contributed by atoms with Crippen LogP contribution in [-0.4, -0.2) is 72.7 Å². The molecule has 2 heterocycles. The van der Waals surface area contributed by atoms with Gasteiger partial charge >= 0.3 is 0 Å². The summed E-state index contributed by atoms with van der Waals surface area (Å²) in [5.74, 6) is 6.20. The molecular formula is C38H50N3O7-. The van der Waals surface area contributed by atoms with Gasteiger partial charge in [-0.3, -0.25) is 0 Å². The molecule has 1 fully saturated rings. The third kappa shape index (κ3) is 9.30. The van der Waals surface area contributed by atoms with Crippen LogP contribution in [0.3, 0.4) is 0 Å². The molecule has 10 nitrogen and oxygen atoms in total. The minimum absolute atomic E-state index is 0.0943. The van der Waals surface area contributed by atoms with Crippen molar-refractivity contribution in [2.45, 2.75) is 107 Å². The molecule has 2 aromatic heterocycles. The van der Waals surface area contributed by atoms with Crippen LogP contribution in [0, 0.1) is 29.6 Å². The first-order valence-corrected chi connectivity index (χ1v) is 17.3. The quantitative estimate of drug-likeness (QED) is 0.142. The molecule has 3 aromatic rings. The number of phenolic OH excluding ortho intramolecular Hbond substituents is 1. The Morgan fingerprint density at radius 3 is 2.60 bits per heavy atom. The maximum absolute atomic E-state index is 11.3. The second-order valence-electron chi connectivity index (χ2n) is 13.5. The lowest BCUT2D eigenvalue weighted by Crippen LogP contribution is -2.51. The number of nitrogens with zero attached hydrogens (tertiary/aromatic N) is 2. The molecule has 0 spiro atoms. The molecule has 0 bridgehead atoms. The van der Waals surface area contributed by atoms with E-state index in [4.69, 9.17) is 10.5 Å². The van der Waals surface area contributed by atoms with Crippen molar-refractivity contribution in [1.82, 2.24) is 9.97 Å². The van der Waals surface area contributed by atoms with Gasteiger partial charge < -0.3 is 46.1 Å². The SMILES string of the molecule is Nc1cc([C@H](Cc2ccc[n-]2)[C@@H]2CC[C@H](O)[C@H](O)[C@H]2Oc2cc(CC[C@@H](O)[C@H]3CC#C[C@H](CCO)CCCC[C@@H]3O)ccc2O)ccn1. The minimum Gasteiger partial charge on any atom is -0.668 e. The van der Waals surface area contributed by atoms with E-state index in [1.54, 1.807) is 24.5 Å². The molecule has 10 heteroatoms. The highest BCUT2D eigenvalue weighted by molar-refractivity contribution is 5.42. The highest BCUT2D eigenvalue weighted by atomic mass is 16.5. The molecule has 2 aliphatic carbocycles. The van der Waals surface area contributed by atoms with Crippen LogP contribution in [-0.2, 0) is 12.8 Å². The Bertz CT molecular complexity index is 1490. The van der Waals surface area contributed by atoms with E-state index in [0.717, 1.165) is 36.1 Å². The van der Waals surface area contributed by atoms with E-state index in [-0.39, 0.29) is 35.9 Å². The molecule has 1 aromatic carbocycles. The molecule has 0 saturated heterocycles. The number of aliphatic hydroxyl groups excluding tert-OH is 5. The topological polar surface area (TPSA) is 184 Å². The van der Waals surface area contributed by atoms with Gasteiger partial charge in [-0.15, -0.1) is 5.92 Å². The first kappa shape index (κ1) is 35.7. The van der Waals surface area contributed by atoms with Crippen molar-refractivity contribution in [2.75, 3.05) is 12.3 Å². The Balaban J connectivity index is 1.33. The van der Waals surface area contributed by atoms with Gasteiger partial charge in [-0.05, 0) is 92.7 Å². The van der Waals surface area contributed by atoms with Gasteiger partial charge in [0.25, 0.3) is 0 Å². The summed E-state index contributed by atoms with van der Waals surface area (Å²) >= 11 is 0. The van der Waals surface area contributed by atoms with Crippen molar-refractivity contribution in [2.24, 2.45) is 17.8 Å². The summed E-state index contributed by atoms with van der Waals surface area (Å²) in [6.45, 7) is 0.0972. The third-order valence-corrected chi connectivity index (χ3v) is 10.2. The first-order valence-electron chi connectivity index (χ1n) is 17.3. The maximum atomic E-state index is 11.3. The van der Waals surface area contributed by atoms with Gasteiger partial charge in [0.1, 0.15) is 18.0 Å². The number of phenols is 1. The molecule has 0 unspecified atom stereocenters. The summed E-state index contributed by atoms with van der Waals surface area (Å²) in [6.07, 6.45) is 5.54. The summed E-state index contributed by atoms with van der Waals surface area (Å²) in [6, 6.07) is 12.6. The summed E-state index contributed by atoms with van der Waals surface area (Å²) in [5.41, 5.74) is 8.69. The van der Waals surface area contributed by atoms with E-state index in [9.17, 15) is 30.6 Å². The highest BCUT2D eigenvalue weighted by Crippen LogP contribution is 2.42. The number of nitrogens with two attached hydrogens (primary N) is 1. The molecule has 0 radical (unpaired) electrons. The fourth-order valence-electron chi connectivity index (χ4n) is 7.39. The van der Waals surface area contributed by atoms with Crippen LogP contribution in [0.1, 0.15) is 80.5 Å². The lowest BCUT2D eigenvalue weighted by Gasteiger charge is -2.42. The normalized spacial score (nSPS) is 27.7. The fourth-order valence-corrected chi connectivity index (χ4v) is 7.39. The molecule has 2 aliphatic rings. The maximum Gasteiger partial charge on any atom is 0.161 e. The van der Waals surface area contributed by atoms with Gasteiger partial charge in [-0.25, -0.2) is 4.98 Å². The molecule has 8 N–H and O–H groups in total. The zero-order chi connectivity index (χ0) is 34.0. The highest BCUT2D eigenvalue weighted by Gasteiger charge is 2.43. The smallest absolute Gasteiger partial charge is 0.161 e. The second kappa shape index (κ2) is 17.2. The third-order valence-electron chi connectivity index (χ3n) is 10.2. The molecule has 0 aliphatic heterocycles. The largest absolute Gasteiger partial charge is 0.668 e. The van der Waals surface area contributed by atoms with Gasteiger partial charge in [0.15, 0.2) is 11.5 Å². The molecule has 0 amide bonds. The van der Waals surface area contributed by atoms with Crippen LogP contribution in [0.2, 0.25) is 0 Å². The lowest BCUT2D eigenvalue weighted by atomic mass is 9.71. The molecule has 5 rings (SSSR count). The molecule has 260 valence electrons. The Hall–Kier alpha value is -3.59.